The number of benzene rings is 3. The summed E-state index contributed by atoms with van der Waals surface area (Å²) in [6.45, 7) is 1.26. The first-order valence-electron chi connectivity index (χ1n) is 12.4. The molecule has 38 heavy (non-hydrogen) atoms. The summed E-state index contributed by atoms with van der Waals surface area (Å²) in [7, 11) is 0. The summed E-state index contributed by atoms with van der Waals surface area (Å²) in [4.78, 5) is 17.1. The molecule has 7 heteroatoms. The van der Waals surface area contributed by atoms with Crippen LogP contribution in [0.25, 0.3) is 16.7 Å². The van der Waals surface area contributed by atoms with Gasteiger partial charge >= 0.3 is 6.09 Å². The zero-order valence-electron chi connectivity index (χ0n) is 20.7. The van der Waals surface area contributed by atoms with Gasteiger partial charge in [-0.3, -0.25) is 0 Å². The molecule has 0 fully saturated rings. The number of carbonyl (C=O) groups is 1. The Morgan fingerprint density at radius 2 is 1.53 bits per heavy atom. The quantitative estimate of drug-likeness (QED) is 0.282. The van der Waals surface area contributed by atoms with Crippen LogP contribution < -0.4 is 9.47 Å². The van der Waals surface area contributed by atoms with E-state index < -0.39 is 6.09 Å². The van der Waals surface area contributed by atoms with Gasteiger partial charge in [0.05, 0.1) is 0 Å². The first kappa shape index (κ1) is 25.0. The highest BCUT2D eigenvalue weighted by Gasteiger charge is 2.20. The van der Waals surface area contributed by atoms with Gasteiger partial charge in [0, 0.05) is 30.3 Å². The van der Waals surface area contributed by atoms with Crippen LogP contribution in [0.15, 0.2) is 97.1 Å². The van der Waals surface area contributed by atoms with E-state index in [1.807, 2.05) is 72.8 Å². The van der Waals surface area contributed by atoms with E-state index in [9.17, 15) is 4.79 Å². The van der Waals surface area contributed by atoms with Gasteiger partial charge in [0.25, 0.3) is 0 Å². The maximum atomic E-state index is 15.3. The fraction of sp³-hybridized carbons (Fsp3) is 0.161. The number of aromatic nitrogens is 1. The van der Waals surface area contributed by atoms with Crippen molar-refractivity contribution in [3.8, 4) is 22.9 Å². The Morgan fingerprint density at radius 1 is 0.868 bits per heavy atom. The highest BCUT2D eigenvalue weighted by Crippen LogP contribution is 2.34. The normalized spacial score (nSPS) is 13.1. The Bertz CT molecular complexity index is 1440. The standard InChI is InChI=1S/C31H27FN2O4/c32-28-19-25(11-12-26(28)24-15-17-34(18-16-24)31(35)36)27-13-14-29(37-20-22-7-3-1-4-8-22)33-30(27)38-21-23-9-5-2-6-10-23/h1-15,19H,16-18,20-21H2,(H,35,36). The van der Waals surface area contributed by atoms with Gasteiger partial charge in [-0.05, 0) is 40.8 Å². The second-order valence-corrected chi connectivity index (χ2v) is 8.95. The summed E-state index contributed by atoms with van der Waals surface area (Å²) in [5.41, 5.74) is 4.55. The lowest BCUT2D eigenvalue weighted by Crippen LogP contribution is -2.33. The molecule has 0 aliphatic carbocycles. The van der Waals surface area contributed by atoms with E-state index >= 15 is 4.39 Å². The van der Waals surface area contributed by atoms with E-state index in [1.165, 1.54) is 11.0 Å². The molecule has 0 bridgehead atoms. The predicted molar refractivity (Wildman–Crippen MR) is 143 cm³/mol. The minimum absolute atomic E-state index is 0.248. The van der Waals surface area contributed by atoms with Crippen molar-refractivity contribution >= 4 is 11.7 Å². The summed E-state index contributed by atoms with van der Waals surface area (Å²) in [5, 5.41) is 9.16. The van der Waals surface area contributed by atoms with Crippen LogP contribution in [0.3, 0.4) is 0 Å². The minimum atomic E-state index is -0.970. The Hall–Kier alpha value is -4.65. The van der Waals surface area contributed by atoms with Crippen LogP contribution in [0.1, 0.15) is 23.1 Å². The molecule has 0 saturated heterocycles. The van der Waals surface area contributed by atoms with E-state index in [1.54, 1.807) is 18.2 Å². The van der Waals surface area contributed by atoms with Gasteiger partial charge in [0.1, 0.15) is 19.0 Å². The zero-order chi connectivity index (χ0) is 26.3. The second-order valence-electron chi connectivity index (χ2n) is 8.95. The number of rotatable bonds is 8. The van der Waals surface area contributed by atoms with Crippen LogP contribution in [0.4, 0.5) is 9.18 Å². The highest BCUT2D eigenvalue weighted by atomic mass is 19.1. The van der Waals surface area contributed by atoms with Gasteiger partial charge in [-0.15, -0.1) is 0 Å². The summed E-state index contributed by atoms with van der Waals surface area (Å²) < 4.78 is 27.3. The summed E-state index contributed by atoms with van der Waals surface area (Å²) in [6, 6.07) is 28.2. The summed E-state index contributed by atoms with van der Waals surface area (Å²) in [6.07, 6.45) is 1.26. The van der Waals surface area contributed by atoms with E-state index in [0.29, 0.717) is 54.6 Å². The van der Waals surface area contributed by atoms with Crippen LogP contribution in [-0.4, -0.2) is 34.2 Å². The van der Waals surface area contributed by atoms with Gasteiger partial charge in [0.15, 0.2) is 0 Å². The molecular weight excluding hydrogens is 483 g/mol. The average molecular weight is 511 g/mol. The molecule has 5 rings (SSSR count). The molecule has 1 aliphatic rings. The van der Waals surface area contributed by atoms with Crippen LogP contribution in [-0.2, 0) is 13.2 Å². The molecule has 0 saturated carbocycles. The first-order chi connectivity index (χ1) is 18.6. The fourth-order valence-electron chi connectivity index (χ4n) is 4.32. The number of pyridine rings is 1. The lowest BCUT2D eigenvalue weighted by Gasteiger charge is -2.24. The molecule has 0 spiro atoms. The SMILES string of the molecule is O=C(O)N1CC=C(c2ccc(-c3ccc(OCc4ccccc4)nc3OCc3ccccc3)cc2F)CC1. The van der Waals surface area contributed by atoms with Crippen molar-refractivity contribution < 1.29 is 23.8 Å². The number of amides is 1. The van der Waals surface area contributed by atoms with E-state index in [0.717, 1.165) is 16.7 Å². The van der Waals surface area contributed by atoms with E-state index in [2.05, 4.69) is 4.98 Å². The molecule has 1 amide bonds. The van der Waals surface area contributed by atoms with Gasteiger partial charge in [-0.25, -0.2) is 9.18 Å². The van der Waals surface area contributed by atoms with Crippen LogP contribution in [0.5, 0.6) is 11.8 Å². The number of nitrogens with zero attached hydrogens (tertiary/aromatic N) is 2. The molecule has 2 heterocycles. The summed E-state index contributed by atoms with van der Waals surface area (Å²) in [5.74, 6) is 0.379. The molecule has 0 unspecified atom stereocenters. The van der Waals surface area contributed by atoms with Crippen LogP contribution in [0, 0.1) is 5.82 Å². The molecule has 1 N–H and O–H groups in total. The van der Waals surface area contributed by atoms with E-state index in [4.69, 9.17) is 14.6 Å². The average Bonchev–Trinajstić information content (AvgIpc) is 2.96. The largest absolute Gasteiger partial charge is 0.473 e. The van der Waals surface area contributed by atoms with Crippen molar-refractivity contribution in [2.75, 3.05) is 13.1 Å². The third-order valence-corrected chi connectivity index (χ3v) is 6.39. The van der Waals surface area contributed by atoms with Crippen molar-refractivity contribution in [1.29, 1.82) is 0 Å². The molecule has 1 aromatic heterocycles. The van der Waals surface area contributed by atoms with Crippen molar-refractivity contribution in [3.63, 3.8) is 0 Å². The number of halogens is 1. The molecule has 0 radical (unpaired) electrons. The van der Waals surface area contributed by atoms with Crippen LogP contribution >= 0.6 is 0 Å². The Kier molecular flexibility index (Phi) is 7.64. The fourth-order valence-corrected chi connectivity index (χ4v) is 4.32. The van der Waals surface area contributed by atoms with Gasteiger partial charge in [0.2, 0.25) is 11.8 Å². The minimum Gasteiger partial charge on any atom is -0.473 e. The predicted octanol–water partition coefficient (Wildman–Crippen LogP) is 6.81. The summed E-state index contributed by atoms with van der Waals surface area (Å²) >= 11 is 0. The molecular formula is C31H27FN2O4. The van der Waals surface area contributed by atoms with Crippen LogP contribution in [0.2, 0.25) is 0 Å². The molecule has 1 aliphatic heterocycles. The van der Waals surface area contributed by atoms with Crippen molar-refractivity contribution in [3.05, 3.63) is 120 Å². The van der Waals surface area contributed by atoms with Gasteiger partial charge < -0.3 is 19.5 Å². The lowest BCUT2D eigenvalue weighted by molar-refractivity contribution is 0.150. The molecule has 192 valence electrons. The topological polar surface area (TPSA) is 71.9 Å². The molecule has 6 nitrogen and oxygen atoms in total. The van der Waals surface area contributed by atoms with Crippen molar-refractivity contribution in [1.82, 2.24) is 9.88 Å². The number of hydrogen-bond acceptors (Lipinski definition) is 4. The molecule has 3 aromatic carbocycles. The number of hydrogen-bond donors (Lipinski definition) is 1. The Balaban J connectivity index is 1.40. The first-order valence-corrected chi connectivity index (χ1v) is 12.4. The Labute approximate surface area is 220 Å². The Morgan fingerprint density at radius 3 is 2.13 bits per heavy atom. The lowest BCUT2D eigenvalue weighted by atomic mass is 9.96. The van der Waals surface area contributed by atoms with Gasteiger partial charge in [-0.1, -0.05) is 78.9 Å². The van der Waals surface area contributed by atoms with Crippen molar-refractivity contribution in [2.24, 2.45) is 0 Å². The molecule has 4 aromatic rings. The number of ether oxygens (including phenoxy) is 2. The third-order valence-electron chi connectivity index (χ3n) is 6.39. The second kappa shape index (κ2) is 11.6. The van der Waals surface area contributed by atoms with E-state index in [-0.39, 0.29) is 12.4 Å². The third kappa shape index (κ3) is 6.00. The number of carboxylic acid groups (broad SMARTS) is 1. The maximum absolute atomic E-state index is 15.3. The monoisotopic (exact) mass is 510 g/mol. The molecule has 0 atom stereocenters. The smallest absolute Gasteiger partial charge is 0.407 e. The maximum Gasteiger partial charge on any atom is 0.407 e. The highest BCUT2D eigenvalue weighted by molar-refractivity contribution is 5.75. The zero-order valence-corrected chi connectivity index (χ0v) is 20.7. The van der Waals surface area contributed by atoms with Gasteiger partial charge in [-0.2, -0.15) is 4.98 Å². The van der Waals surface area contributed by atoms with Crippen molar-refractivity contribution in [2.45, 2.75) is 19.6 Å².